The molecule has 0 amide bonds. The van der Waals surface area contributed by atoms with Crippen molar-refractivity contribution >= 4 is 5.59 Å². The van der Waals surface area contributed by atoms with E-state index in [2.05, 4.69) is 36.9 Å². The Bertz CT molecular complexity index is 465. The average molecular weight is 475 g/mol. The first-order chi connectivity index (χ1) is 13.2. The Morgan fingerprint density at radius 1 is 0.593 bits per heavy atom. The summed E-state index contributed by atoms with van der Waals surface area (Å²) in [5.41, 5.74) is 3.74. The minimum absolute atomic E-state index is 1.12. The third kappa shape index (κ3) is 6.12. The molecule has 0 nitrogen and oxygen atoms in total. The molecule has 1 aromatic carbocycles. The van der Waals surface area contributed by atoms with Crippen LogP contribution < -0.4 is 0 Å². The molecule has 0 radical (unpaired) electrons. The standard InChI is InChI=1S/C18H33P.C7H8.Ru/c1-4-10-16(11-5-1)19(17-12-6-2-7-13-17)18-14-8-3-9-15-18;1-7-5-3-2-4-6-7;/h16-18H,1-15H2;2-6H,1H3;/q;;-1/p+1. The minimum atomic E-state index is -1.12. The summed E-state index contributed by atoms with van der Waals surface area (Å²) < 4.78 is 0. The molecule has 0 atom stereocenters. The van der Waals surface area contributed by atoms with Crippen LogP contribution in [-0.4, -0.2) is 17.0 Å². The van der Waals surface area contributed by atoms with E-state index < -0.39 is 5.59 Å². The molecule has 0 aromatic heterocycles. The zero-order valence-electron chi connectivity index (χ0n) is 17.6. The summed E-state index contributed by atoms with van der Waals surface area (Å²) in [6.07, 6.45) is 23.5. The van der Waals surface area contributed by atoms with Crippen LogP contribution in [0.2, 0.25) is 0 Å². The Balaban J connectivity index is 0.000000253. The van der Waals surface area contributed by atoms with Crippen LogP contribution in [0.1, 0.15) is 102 Å². The molecule has 0 aliphatic heterocycles. The summed E-state index contributed by atoms with van der Waals surface area (Å²) in [4.78, 5) is 0. The normalized spacial score (nSPS) is 24.1. The first-order valence-electron chi connectivity index (χ1n) is 11.9. The van der Waals surface area contributed by atoms with Crippen LogP contribution in [0.4, 0.5) is 0 Å². The number of hydrogen-bond acceptors (Lipinski definition) is 0. The molecular formula is C25H42PRu. The molecule has 3 aliphatic carbocycles. The molecule has 2 heteroatoms. The maximum absolute atomic E-state index is 3.54. The molecule has 4 rings (SSSR count). The summed E-state index contributed by atoms with van der Waals surface area (Å²) in [5.74, 6) is 0. The van der Waals surface area contributed by atoms with E-state index in [4.69, 9.17) is 0 Å². The Hall–Kier alpha value is 0.273. The molecule has 0 unspecified atom stereocenters. The first kappa shape index (κ1) is 22.0. The number of hydrogen-bond donors (Lipinski definition) is 0. The SMILES string of the molecule is Cc1ccccc1.[Ru][PH](C1CCCCC1)(C1CCCCC1)C1CCCCC1. The van der Waals surface area contributed by atoms with Gasteiger partial charge in [0.25, 0.3) is 0 Å². The van der Waals surface area contributed by atoms with Gasteiger partial charge in [-0.25, -0.2) is 0 Å². The Morgan fingerprint density at radius 2 is 0.926 bits per heavy atom. The monoisotopic (exact) mass is 475 g/mol. The van der Waals surface area contributed by atoms with Gasteiger partial charge < -0.3 is 0 Å². The van der Waals surface area contributed by atoms with E-state index in [0.29, 0.717) is 0 Å². The predicted octanol–water partition coefficient (Wildman–Crippen LogP) is 8.19. The third-order valence-electron chi connectivity index (χ3n) is 7.60. The Labute approximate surface area is 179 Å². The van der Waals surface area contributed by atoms with E-state index in [0.717, 1.165) is 0 Å². The van der Waals surface area contributed by atoms with E-state index in [-0.39, 0.29) is 0 Å². The molecule has 155 valence electrons. The predicted molar refractivity (Wildman–Crippen MR) is 120 cm³/mol. The fourth-order valence-corrected chi connectivity index (χ4v) is 16.5. The molecule has 3 aliphatic rings. The summed E-state index contributed by atoms with van der Waals surface area (Å²) in [6.45, 7) is 2.08. The Morgan fingerprint density at radius 3 is 1.19 bits per heavy atom. The zero-order chi connectivity index (χ0) is 19.0. The molecule has 3 fully saturated rings. The second kappa shape index (κ2) is 11.5. The second-order valence-corrected chi connectivity index (χ2v) is 18.0. The molecule has 0 N–H and O–H groups in total. The van der Waals surface area contributed by atoms with E-state index in [1.165, 1.54) is 41.8 Å². The summed E-state index contributed by atoms with van der Waals surface area (Å²) in [6, 6.07) is 10.3. The van der Waals surface area contributed by atoms with Gasteiger partial charge in [0.05, 0.1) is 0 Å². The molecule has 0 saturated heterocycles. The van der Waals surface area contributed by atoms with Gasteiger partial charge in [-0.3, -0.25) is 0 Å². The second-order valence-electron chi connectivity index (χ2n) is 9.47. The topological polar surface area (TPSA) is 0 Å². The van der Waals surface area contributed by atoms with Gasteiger partial charge in [-0.05, 0) is 6.92 Å². The third-order valence-corrected chi connectivity index (χ3v) is 19.4. The van der Waals surface area contributed by atoms with E-state index >= 15 is 0 Å². The summed E-state index contributed by atoms with van der Waals surface area (Å²) in [7, 11) is 0. The number of benzene rings is 1. The molecular weight excluding hydrogens is 432 g/mol. The fourth-order valence-electron chi connectivity index (χ4n) is 6.15. The molecule has 0 bridgehead atoms. The van der Waals surface area contributed by atoms with Crippen molar-refractivity contribution in [2.75, 3.05) is 0 Å². The average Bonchev–Trinajstić information content (AvgIpc) is 2.76. The van der Waals surface area contributed by atoms with Gasteiger partial charge in [0.15, 0.2) is 0 Å². The van der Waals surface area contributed by atoms with Gasteiger partial charge in [-0.2, -0.15) is 0 Å². The van der Waals surface area contributed by atoms with Gasteiger partial charge in [-0.15, -0.1) is 0 Å². The molecule has 3 saturated carbocycles. The van der Waals surface area contributed by atoms with E-state index in [1.54, 1.807) is 77.0 Å². The van der Waals surface area contributed by atoms with Crippen molar-refractivity contribution in [1.29, 1.82) is 0 Å². The molecule has 27 heavy (non-hydrogen) atoms. The van der Waals surface area contributed by atoms with E-state index in [9.17, 15) is 0 Å². The van der Waals surface area contributed by atoms with Crippen molar-refractivity contribution < 1.29 is 17.8 Å². The van der Waals surface area contributed by atoms with Gasteiger partial charge in [-0.1, -0.05) is 35.9 Å². The van der Waals surface area contributed by atoms with Crippen molar-refractivity contribution in [2.45, 2.75) is 120 Å². The van der Waals surface area contributed by atoms with Gasteiger partial charge >= 0.3 is 137 Å². The molecule has 0 spiro atoms. The summed E-state index contributed by atoms with van der Waals surface area (Å²) in [5, 5.41) is 0. The van der Waals surface area contributed by atoms with Crippen molar-refractivity contribution in [3.63, 3.8) is 0 Å². The molecule has 0 heterocycles. The van der Waals surface area contributed by atoms with Crippen LogP contribution in [0.25, 0.3) is 0 Å². The number of rotatable bonds is 3. The van der Waals surface area contributed by atoms with Gasteiger partial charge in [0, 0.05) is 0 Å². The van der Waals surface area contributed by atoms with Crippen LogP contribution in [0.15, 0.2) is 30.3 Å². The van der Waals surface area contributed by atoms with Crippen LogP contribution >= 0.6 is 5.59 Å². The maximum atomic E-state index is 3.54. The van der Waals surface area contributed by atoms with Crippen molar-refractivity contribution in [3.05, 3.63) is 35.9 Å². The quantitative estimate of drug-likeness (QED) is 0.306. The van der Waals surface area contributed by atoms with Crippen molar-refractivity contribution in [1.82, 2.24) is 0 Å². The Kier molecular flexibility index (Phi) is 9.32. The van der Waals surface area contributed by atoms with Crippen LogP contribution in [0.3, 0.4) is 0 Å². The zero-order valence-corrected chi connectivity index (χ0v) is 20.3. The van der Waals surface area contributed by atoms with Crippen molar-refractivity contribution in [2.24, 2.45) is 0 Å². The fraction of sp³-hybridized carbons (Fsp3) is 0.760. The van der Waals surface area contributed by atoms with E-state index in [1.807, 2.05) is 18.2 Å². The molecule has 1 aromatic rings. The first-order valence-corrected chi connectivity index (χ1v) is 16.6. The van der Waals surface area contributed by atoms with Gasteiger partial charge in [0.2, 0.25) is 0 Å². The van der Waals surface area contributed by atoms with Crippen LogP contribution in [0, 0.1) is 6.92 Å². The summed E-state index contributed by atoms with van der Waals surface area (Å²) >= 11 is 3.54. The van der Waals surface area contributed by atoms with Gasteiger partial charge in [0.1, 0.15) is 0 Å². The van der Waals surface area contributed by atoms with Crippen LogP contribution in [0.5, 0.6) is 0 Å². The van der Waals surface area contributed by atoms with Crippen molar-refractivity contribution in [3.8, 4) is 0 Å². The van der Waals surface area contributed by atoms with Crippen LogP contribution in [-0.2, 0) is 17.8 Å². The number of aryl methyl sites for hydroxylation is 1.